The molecular formula is C13H14Cl2N2O2. The molecule has 4 nitrogen and oxygen atoms in total. The third-order valence-electron chi connectivity index (χ3n) is 2.65. The van der Waals surface area contributed by atoms with Gasteiger partial charge in [0.1, 0.15) is 0 Å². The summed E-state index contributed by atoms with van der Waals surface area (Å²) in [6, 6.07) is 5.31. The summed E-state index contributed by atoms with van der Waals surface area (Å²) in [5.41, 5.74) is 0.897. The third-order valence-corrected chi connectivity index (χ3v) is 3.24. The van der Waals surface area contributed by atoms with E-state index in [1.807, 2.05) is 6.07 Å². The molecule has 1 aromatic carbocycles. The average molecular weight is 301 g/mol. The SMILES string of the molecule is CC(O)CCc1nc(Cc2ccc(Cl)cc2Cl)no1. The number of halogens is 2. The predicted molar refractivity (Wildman–Crippen MR) is 73.6 cm³/mol. The zero-order chi connectivity index (χ0) is 13.8. The van der Waals surface area contributed by atoms with Crippen LogP contribution in [-0.2, 0) is 12.8 Å². The van der Waals surface area contributed by atoms with Crippen molar-refractivity contribution >= 4 is 23.2 Å². The van der Waals surface area contributed by atoms with Crippen LogP contribution in [0.1, 0.15) is 30.6 Å². The summed E-state index contributed by atoms with van der Waals surface area (Å²) in [4.78, 5) is 4.26. The minimum atomic E-state index is -0.374. The summed E-state index contributed by atoms with van der Waals surface area (Å²) in [7, 11) is 0. The first-order chi connectivity index (χ1) is 9.04. The van der Waals surface area contributed by atoms with Crippen LogP contribution in [0.3, 0.4) is 0 Å². The van der Waals surface area contributed by atoms with E-state index < -0.39 is 0 Å². The molecule has 0 aliphatic carbocycles. The Balaban J connectivity index is 2.03. The molecule has 0 fully saturated rings. The number of hydrogen-bond donors (Lipinski definition) is 1. The van der Waals surface area contributed by atoms with Crippen LogP contribution in [0, 0.1) is 0 Å². The molecule has 1 N–H and O–H groups in total. The van der Waals surface area contributed by atoms with Gasteiger partial charge in [-0.3, -0.25) is 0 Å². The highest BCUT2D eigenvalue weighted by molar-refractivity contribution is 6.35. The molecule has 0 spiro atoms. The van der Waals surface area contributed by atoms with Crippen LogP contribution in [0.2, 0.25) is 10.0 Å². The lowest BCUT2D eigenvalue weighted by Gasteiger charge is -2.01. The van der Waals surface area contributed by atoms with Crippen molar-refractivity contribution in [3.05, 3.63) is 45.5 Å². The lowest BCUT2D eigenvalue weighted by molar-refractivity contribution is 0.180. The fraction of sp³-hybridized carbons (Fsp3) is 0.385. The molecule has 1 aromatic heterocycles. The van der Waals surface area contributed by atoms with Crippen molar-refractivity contribution in [2.75, 3.05) is 0 Å². The highest BCUT2D eigenvalue weighted by Crippen LogP contribution is 2.22. The number of benzene rings is 1. The van der Waals surface area contributed by atoms with Crippen LogP contribution < -0.4 is 0 Å². The Hall–Kier alpha value is -1.10. The second-order valence-corrected chi connectivity index (χ2v) is 5.25. The summed E-state index contributed by atoms with van der Waals surface area (Å²) in [5, 5.41) is 14.3. The number of aryl methyl sites for hydroxylation is 1. The van der Waals surface area contributed by atoms with Crippen molar-refractivity contribution < 1.29 is 9.63 Å². The van der Waals surface area contributed by atoms with Gasteiger partial charge in [-0.15, -0.1) is 0 Å². The van der Waals surface area contributed by atoms with Gasteiger partial charge in [0.05, 0.1) is 6.10 Å². The Morgan fingerprint density at radius 1 is 1.37 bits per heavy atom. The first-order valence-corrected chi connectivity index (χ1v) is 6.73. The van der Waals surface area contributed by atoms with Gasteiger partial charge in [0.15, 0.2) is 5.82 Å². The van der Waals surface area contributed by atoms with Crippen LogP contribution in [-0.4, -0.2) is 21.4 Å². The monoisotopic (exact) mass is 300 g/mol. The normalized spacial score (nSPS) is 12.6. The Bertz CT molecular complexity index is 555. The summed E-state index contributed by atoms with van der Waals surface area (Å²) in [5.74, 6) is 1.10. The molecule has 2 aromatic rings. The molecule has 0 aliphatic heterocycles. The van der Waals surface area contributed by atoms with E-state index in [-0.39, 0.29) is 6.10 Å². The average Bonchev–Trinajstić information content (AvgIpc) is 2.78. The van der Waals surface area contributed by atoms with Crippen molar-refractivity contribution in [1.29, 1.82) is 0 Å². The Morgan fingerprint density at radius 2 is 2.16 bits per heavy atom. The van der Waals surface area contributed by atoms with E-state index in [1.165, 1.54) is 0 Å². The Labute approximate surface area is 121 Å². The molecule has 0 radical (unpaired) electrons. The van der Waals surface area contributed by atoms with E-state index >= 15 is 0 Å². The zero-order valence-electron chi connectivity index (χ0n) is 10.4. The van der Waals surface area contributed by atoms with Gasteiger partial charge in [0, 0.05) is 22.9 Å². The summed E-state index contributed by atoms with van der Waals surface area (Å²) in [6.45, 7) is 1.73. The first-order valence-electron chi connectivity index (χ1n) is 5.98. The van der Waals surface area contributed by atoms with Gasteiger partial charge in [0.2, 0.25) is 5.89 Å². The van der Waals surface area contributed by atoms with Gasteiger partial charge in [-0.05, 0) is 31.0 Å². The van der Waals surface area contributed by atoms with Gasteiger partial charge in [-0.1, -0.05) is 34.4 Å². The number of hydrogen-bond acceptors (Lipinski definition) is 4. The largest absolute Gasteiger partial charge is 0.393 e. The van der Waals surface area contributed by atoms with Crippen LogP contribution >= 0.6 is 23.2 Å². The van der Waals surface area contributed by atoms with Gasteiger partial charge >= 0.3 is 0 Å². The lowest BCUT2D eigenvalue weighted by Crippen LogP contribution is -2.01. The molecule has 1 unspecified atom stereocenters. The third kappa shape index (κ3) is 4.20. The maximum atomic E-state index is 9.20. The van der Waals surface area contributed by atoms with E-state index in [0.717, 1.165) is 5.56 Å². The number of rotatable bonds is 5. The Morgan fingerprint density at radius 3 is 2.84 bits per heavy atom. The molecule has 0 aliphatic rings. The van der Waals surface area contributed by atoms with Crippen LogP contribution in [0.4, 0.5) is 0 Å². The quantitative estimate of drug-likeness (QED) is 0.920. The fourth-order valence-electron chi connectivity index (χ4n) is 1.63. The molecule has 0 saturated carbocycles. The predicted octanol–water partition coefficient (Wildman–Crippen LogP) is 3.28. The second kappa shape index (κ2) is 6.37. The Kier molecular flexibility index (Phi) is 4.80. The topological polar surface area (TPSA) is 59.2 Å². The molecule has 19 heavy (non-hydrogen) atoms. The molecule has 0 bridgehead atoms. The smallest absolute Gasteiger partial charge is 0.226 e. The van der Waals surface area contributed by atoms with Crippen molar-refractivity contribution in [2.24, 2.45) is 0 Å². The number of aliphatic hydroxyl groups excluding tert-OH is 1. The van der Waals surface area contributed by atoms with Crippen LogP contribution in [0.15, 0.2) is 22.7 Å². The van der Waals surface area contributed by atoms with E-state index in [0.29, 0.717) is 41.0 Å². The summed E-state index contributed by atoms with van der Waals surface area (Å²) in [6.07, 6.45) is 1.29. The molecule has 0 saturated heterocycles. The van der Waals surface area contributed by atoms with Gasteiger partial charge in [-0.25, -0.2) is 0 Å². The van der Waals surface area contributed by atoms with E-state index in [1.54, 1.807) is 19.1 Å². The van der Waals surface area contributed by atoms with E-state index in [4.69, 9.17) is 27.7 Å². The van der Waals surface area contributed by atoms with Crippen molar-refractivity contribution in [1.82, 2.24) is 10.1 Å². The molecule has 1 atom stereocenters. The lowest BCUT2D eigenvalue weighted by atomic mass is 10.1. The maximum Gasteiger partial charge on any atom is 0.226 e. The van der Waals surface area contributed by atoms with Gasteiger partial charge in [-0.2, -0.15) is 4.98 Å². The van der Waals surface area contributed by atoms with Gasteiger partial charge < -0.3 is 9.63 Å². The first kappa shape index (κ1) is 14.3. The highest BCUT2D eigenvalue weighted by atomic mass is 35.5. The molecular weight excluding hydrogens is 287 g/mol. The standard InChI is InChI=1S/C13H14Cl2N2O2/c1-8(18)2-5-13-16-12(17-19-13)6-9-3-4-10(14)7-11(9)15/h3-4,7-8,18H,2,5-6H2,1H3. The zero-order valence-corrected chi connectivity index (χ0v) is 11.9. The molecule has 0 amide bonds. The summed E-state index contributed by atoms with van der Waals surface area (Å²) < 4.78 is 5.11. The van der Waals surface area contributed by atoms with Crippen LogP contribution in [0.5, 0.6) is 0 Å². The van der Waals surface area contributed by atoms with Crippen molar-refractivity contribution in [3.8, 4) is 0 Å². The maximum absolute atomic E-state index is 9.20. The van der Waals surface area contributed by atoms with Crippen molar-refractivity contribution in [2.45, 2.75) is 32.3 Å². The number of nitrogens with zero attached hydrogens (tertiary/aromatic N) is 2. The molecule has 2 rings (SSSR count). The van der Waals surface area contributed by atoms with E-state index in [9.17, 15) is 5.11 Å². The molecule has 102 valence electrons. The number of aromatic nitrogens is 2. The fourth-order valence-corrected chi connectivity index (χ4v) is 2.11. The number of aliphatic hydroxyl groups is 1. The highest BCUT2D eigenvalue weighted by Gasteiger charge is 2.10. The molecule has 1 heterocycles. The van der Waals surface area contributed by atoms with Gasteiger partial charge in [0.25, 0.3) is 0 Å². The van der Waals surface area contributed by atoms with Crippen LogP contribution in [0.25, 0.3) is 0 Å². The van der Waals surface area contributed by atoms with Crippen molar-refractivity contribution in [3.63, 3.8) is 0 Å². The second-order valence-electron chi connectivity index (χ2n) is 4.40. The summed E-state index contributed by atoms with van der Waals surface area (Å²) >= 11 is 11.9. The van der Waals surface area contributed by atoms with E-state index in [2.05, 4.69) is 10.1 Å². The molecule has 6 heteroatoms. The minimum Gasteiger partial charge on any atom is -0.393 e. The minimum absolute atomic E-state index is 0.374.